The number of rotatable bonds is 8. The number of hydrazone groups is 1. The molecule has 2 rings (SSSR count). The molecule has 1 saturated heterocycles. The van der Waals surface area contributed by atoms with Crippen molar-refractivity contribution in [1.82, 2.24) is 15.2 Å². The van der Waals surface area contributed by atoms with Gasteiger partial charge in [-0.1, -0.05) is 6.07 Å². The smallest absolute Gasteiger partial charge is 0.143 e. The van der Waals surface area contributed by atoms with Gasteiger partial charge in [-0.25, -0.2) is 0 Å². The standard InChI is InChI=1S/C24H36N6O2/c1-24(2,3)28-19-10-12-30(16-19)23(26)9-8-21(25)20-7-6-17(14-22(20)32)18(11-13-31)15-27-29(4)5/h6-9,11,13-15,19,28,32H,10,12,16,25-26H2,1-5H3/b18-11+,21-8-,23-9+,27-15-. The second kappa shape index (κ2) is 10.9. The van der Waals surface area contributed by atoms with E-state index in [1.807, 2.05) is 0 Å². The highest BCUT2D eigenvalue weighted by Crippen LogP contribution is 2.26. The van der Waals surface area contributed by atoms with Gasteiger partial charge >= 0.3 is 0 Å². The summed E-state index contributed by atoms with van der Waals surface area (Å²) in [5.74, 6) is 0.646. The largest absolute Gasteiger partial charge is 0.507 e. The average molecular weight is 441 g/mol. The molecule has 8 heteroatoms. The second-order valence-electron chi connectivity index (χ2n) is 9.12. The quantitative estimate of drug-likeness (QED) is 0.161. The summed E-state index contributed by atoms with van der Waals surface area (Å²) >= 11 is 0. The second-order valence-corrected chi connectivity index (χ2v) is 9.12. The molecule has 1 aliphatic heterocycles. The number of nitrogens with zero attached hydrogens (tertiary/aromatic N) is 3. The van der Waals surface area contributed by atoms with Crippen LogP contribution in [0.15, 0.2) is 47.3 Å². The van der Waals surface area contributed by atoms with E-state index in [1.165, 1.54) is 6.08 Å². The van der Waals surface area contributed by atoms with E-state index in [1.54, 1.807) is 55.7 Å². The van der Waals surface area contributed by atoms with Crippen LogP contribution in [0.25, 0.3) is 11.3 Å². The Balaban J connectivity index is 2.14. The van der Waals surface area contributed by atoms with Crippen molar-refractivity contribution in [2.75, 3.05) is 27.2 Å². The Labute approximate surface area is 190 Å². The Morgan fingerprint density at radius 1 is 1.25 bits per heavy atom. The molecule has 0 radical (unpaired) electrons. The van der Waals surface area contributed by atoms with Crippen molar-refractivity contribution in [2.45, 2.75) is 38.8 Å². The maximum atomic E-state index is 11.0. The molecule has 8 nitrogen and oxygen atoms in total. The Kier molecular flexibility index (Phi) is 8.48. The molecule has 0 aromatic heterocycles. The molecule has 0 amide bonds. The zero-order chi connectivity index (χ0) is 23.9. The fourth-order valence-electron chi connectivity index (χ4n) is 3.52. The predicted molar refractivity (Wildman–Crippen MR) is 132 cm³/mol. The van der Waals surface area contributed by atoms with Crippen molar-refractivity contribution in [3.63, 3.8) is 0 Å². The number of phenols is 1. The summed E-state index contributed by atoms with van der Waals surface area (Å²) in [5, 5.41) is 19.9. The molecule has 1 unspecified atom stereocenters. The number of phenolic OH excluding ortho intramolecular Hbond substituents is 1. The lowest BCUT2D eigenvalue weighted by molar-refractivity contribution is -0.104. The van der Waals surface area contributed by atoms with Crippen molar-refractivity contribution in [3.05, 3.63) is 53.4 Å². The van der Waals surface area contributed by atoms with E-state index in [0.717, 1.165) is 19.5 Å². The minimum absolute atomic E-state index is 0.00823. The molecule has 0 spiro atoms. The van der Waals surface area contributed by atoms with Gasteiger partial charge in [-0.15, -0.1) is 0 Å². The summed E-state index contributed by atoms with van der Waals surface area (Å²) in [4.78, 5) is 13.1. The van der Waals surface area contributed by atoms with Crippen molar-refractivity contribution in [1.29, 1.82) is 0 Å². The summed E-state index contributed by atoms with van der Waals surface area (Å²) < 4.78 is 0. The van der Waals surface area contributed by atoms with Crippen LogP contribution < -0.4 is 16.8 Å². The third-order valence-corrected chi connectivity index (χ3v) is 4.94. The molecule has 1 aromatic carbocycles. The zero-order valence-electron chi connectivity index (χ0n) is 19.7. The van der Waals surface area contributed by atoms with Crippen LogP contribution in [0.2, 0.25) is 0 Å². The third-order valence-electron chi connectivity index (χ3n) is 4.94. The van der Waals surface area contributed by atoms with E-state index >= 15 is 0 Å². The number of allylic oxidation sites excluding steroid dienone is 4. The van der Waals surface area contributed by atoms with E-state index in [4.69, 9.17) is 11.5 Å². The lowest BCUT2D eigenvalue weighted by Gasteiger charge is -2.26. The maximum Gasteiger partial charge on any atom is 0.143 e. The number of benzene rings is 1. The van der Waals surface area contributed by atoms with Gasteiger partial charge in [0.2, 0.25) is 0 Å². The molecule has 1 atom stereocenters. The van der Waals surface area contributed by atoms with E-state index in [9.17, 15) is 9.90 Å². The number of nitrogens with one attached hydrogen (secondary N) is 1. The van der Waals surface area contributed by atoms with Crippen molar-refractivity contribution < 1.29 is 9.90 Å². The number of carbonyl (C=O) groups excluding carboxylic acids is 1. The fraction of sp³-hybridized carbons (Fsp3) is 0.417. The molecular formula is C24H36N6O2. The van der Waals surface area contributed by atoms with Gasteiger partial charge < -0.3 is 31.8 Å². The van der Waals surface area contributed by atoms with Crippen molar-refractivity contribution in [3.8, 4) is 5.75 Å². The third kappa shape index (κ3) is 7.46. The van der Waals surface area contributed by atoms with E-state index in [2.05, 4.69) is 36.1 Å². The monoisotopic (exact) mass is 440 g/mol. The summed E-state index contributed by atoms with van der Waals surface area (Å²) in [5.41, 5.74) is 14.6. The highest BCUT2D eigenvalue weighted by Gasteiger charge is 2.26. The van der Waals surface area contributed by atoms with Crippen LogP contribution in [-0.2, 0) is 4.79 Å². The van der Waals surface area contributed by atoms with Gasteiger partial charge in [0, 0.05) is 55.6 Å². The summed E-state index contributed by atoms with van der Waals surface area (Å²) in [6.45, 7) is 8.19. The van der Waals surface area contributed by atoms with Crippen LogP contribution in [0.3, 0.4) is 0 Å². The SMILES string of the molecule is CN(C)/N=C\C(=C/C=O)c1ccc(/C(N)=C/C=C(\N)N2CCC(NC(C)(C)C)C2)c(O)c1. The minimum Gasteiger partial charge on any atom is -0.507 e. The maximum absolute atomic E-state index is 11.0. The Morgan fingerprint density at radius 2 is 1.97 bits per heavy atom. The first-order chi connectivity index (χ1) is 15.0. The number of likely N-dealkylation sites (tertiary alicyclic amines) is 1. The molecule has 0 bridgehead atoms. The zero-order valence-corrected chi connectivity index (χ0v) is 19.7. The topological polar surface area (TPSA) is 120 Å². The van der Waals surface area contributed by atoms with E-state index < -0.39 is 0 Å². The van der Waals surface area contributed by atoms with Crippen LogP contribution in [-0.4, -0.2) is 66.3 Å². The predicted octanol–water partition coefficient (Wildman–Crippen LogP) is 2.08. The van der Waals surface area contributed by atoms with Gasteiger partial charge in [-0.3, -0.25) is 4.79 Å². The molecule has 1 aromatic rings. The van der Waals surface area contributed by atoms with Gasteiger partial charge in [-0.2, -0.15) is 5.10 Å². The van der Waals surface area contributed by atoms with Gasteiger partial charge in [0.05, 0.1) is 12.0 Å². The summed E-state index contributed by atoms with van der Waals surface area (Å²) in [6, 6.07) is 5.44. The molecule has 0 aliphatic carbocycles. The molecule has 1 heterocycles. The Morgan fingerprint density at radius 3 is 2.56 bits per heavy atom. The number of aromatic hydroxyl groups is 1. The normalized spacial score (nSPS) is 18.5. The number of nitrogens with two attached hydrogens (primary N) is 2. The number of aldehydes is 1. The first kappa shape index (κ1) is 25.0. The van der Waals surface area contributed by atoms with Gasteiger partial charge in [0.25, 0.3) is 0 Å². The molecule has 0 saturated carbocycles. The van der Waals surface area contributed by atoms with Crippen LogP contribution in [0, 0.1) is 0 Å². The Bertz CT molecular complexity index is 925. The fourth-order valence-corrected chi connectivity index (χ4v) is 3.52. The van der Waals surface area contributed by atoms with Crippen LogP contribution >= 0.6 is 0 Å². The molecule has 1 aliphatic rings. The number of carbonyl (C=O) groups is 1. The van der Waals surface area contributed by atoms with E-state index in [0.29, 0.717) is 40.5 Å². The first-order valence-corrected chi connectivity index (χ1v) is 10.7. The van der Waals surface area contributed by atoms with Crippen molar-refractivity contribution in [2.24, 2.45) is 16.6 Å². The van der Waals surface area contributed by atoms with Crippen LogP contribution in [0.5, 0.6) is 5.75 Å². The highest BCUT2D eigenvalue weighted by atomic mass is 16.3. The minimum atomic E-state index is 0.00823. The van der Waals surface area contributed by atoms with Gasteiger partial charge in [0.15, 0.2) is 0 Å². The summed E-state index contributed by atoms with van der Waals surface area (Å²) in [6.07, 6.45) is 8.13. The summed E-state index contributed by atoms with van der Waals surface area (Å²) in [7, 11) is 3.56. The lowest BCUT2D eigenvalue weighted by atomic mass is 10.0. The molecule has 32 heavy (non-hydrogen) atoms. The number of hydrogen-bond donors (Lipinski definition) is 4. The number of hydrogen-bond acceptors (Lipinski definition) is 8. The first-order valence-electron chi connectivity index (χ1n) is 10.7. The Hall–Kier alpha value is -3.26. The van der Waals surface area contributed by atoms with Crippen LogP contribution in [0.4, 0.5) is 0 Å². The van der Waals surface area contributed by atoms with Crippen LogP contribution in [0.1, 0.15) is 38.3 Å². The highest BCUT2D eigenvalue weighted by molar-refractivity contribution is 6.13. The molecular weight excluding hydrogens is 404 g/mol. The lowest BCUT2D eigenvalue weighted by Crippen LogP contribution is -2.45. The van der Waals surface area contributed by atoms with Gasteiger partial charge in [0.1, 0.15) is 12.0 Å². The van der Waals surface area contributed by atoms with Gasteiger partial charge in [-0.05, 0) is 63.1 Å². The molecule has 1 fully saturated rings. The molecule has 6 N–H and O–H groups in total. The van der Waals surface area contributed by atoms with E-state index in [-0.39, 0.29) is 11.3 Å². The average Bonchev–Trinajstić information content (AvgIpc) is 3.15. The molecule has 174 valence electrons. The van der Waals surface area contributed by atoms with Crippen molar-refractivity contribution >= 4 is 23.8 Å².